The summed E-state index contributed by atoms with van der Waals surface area (Å²) in [4.78, 5) is 0. The summed E-state index contributed by atoms with van der Waals surface area (Å²) in [5, 5.41) is 20.3. The van der Waals surface area contributed by atoms with Gasteiger partial charge in [0.15, 0.2) is 0 Å². The fourth-order valence-corrected chi connectivity index (χ4v) is 6.93. The minimum Gasteiger partial charge on any atom is -0.388 e. The molecule has 0 spiro atoms. The van der Waals surface area contributed by atoms with Crippen LogP contribution in [0.5, 0.6) is 0 Å². The minimum absolute atomic E-state index is 0.331. The number of hydrogen-bond donors (Lipinski definition) is 2. The average Bonchev–Trinajstić information content (AvgIpc) is 3.13. The number of allylic oxidation sites excluding steroid dienone is 3. The van der Waals surface area contributed by atoms with Gasteiger partial charge < -0.3 is 14.9 Å². The van der Waals surface area contributed by atoms with Crippen LogP contribution >= 0.6 is 0 Å². The molecule has 3 aliphatic rings. The molecule has 0 bridgehead atoms. The molecule has 0 heterocycles. The van der Waals surface area contributed by atoms with Crippen LogP contribution in [-0.2, 0) is 4.74 Å². The van der Waals surface area contributed by atoms with Crippen LogP contribution in [0.2, 0.25) is 0 Å². The number of rotatable bonds is 9. The third-order valence-corrected chi connectivity index (χ3v) is 9.20. The molecule has 6 unspecified atom stereocenters. The largest absolute Gasteiger partial charge is 0.388 e. The normalized spacial score (nSPS) is 35.4. The molecule has 0 aromatic carbocycles. The van der Waals surface area contributed by atoms with E-state index in [9.17, 15) is 10.2 Å². The highest BCUT2D eigenvalue weighted by Crippen LogP contribution is 2.58. The molecular formula is C29H48O3. The molecule has 3 rings (SSSR count). The van der Waals surface area contributed by atoms with E-state index < -0.39 is 12.2 Å². The Hall–Kier alpha value is -0.900. The maximum absolute atomic E-state index is 10.2. The fraction of sp³-hybridized carbons (Fsp3) is 0.793. The van der Waals surface area contributed by atoms with Gasteiger partial charge in [0, 0.05) is 6.61 Å². The molecule has 182 valence electrons. The summed E-state index contributed by atoms with van der Waals surface area (Å²) in [5.41, 5.74) is 3.61. The van der Waals surface area contributed by atoms with E-state index in [4.69, 9.17) is 4.74 Å². The second-order valence-corrected chi connectivity index (χ2v) is 11.1. The molecule has 3 saturated carbocycles. The van der Waals surface area contributed by atoms with Gasteiger partial charge in [-0.15, -0.1) is 0 Å². The average molecular weight is 445 g/mol. The molecule has 0 radical (unpaired) electrons. The van der Waals surface area contributed by atoms with E-state index in [0.29, 0.717) is 41.8 Å². The van der Waals surface area contributed by atoms with Crippen molar-refractivity contribution in [1.29, 1.82) is 0 Å². The summed E-state index contributed by atoms with van der Waals surface area (Å²) in [6, 6.07) is 0. The Morgan fingerprint density at radius 1 is 1.12 bits per heavy atom. The zero-order valence-electron chi connectivity index (χ0n) is 21.1. The number of hydrogen-bond acceptors (Lipinski definition) is 3. The molecule has 0 saturated heterocycles. The van der Waals surface area contributed by atoms with Crippen molar-refractivity contribution in [3.63, 3.8) is 0 Å². The zero-order valence-corrected chi connectivity index (χ0v) is 21.1. The van der Waals surface area contributed by atoms with Gasteiger partial charge in [-0.05, 0) is 93.5 Å². The van der Waals surface area contributed by atoms with Crippen LogP contribution in [-0.4, -0.2) is 35.1 Å². The van der Waals surface area contributed by atoms with E-state index in [1.807, 2.05) is 0 Å². The smallest absolute Gasteiger partial charge is 0.0809 e. The van der Waals surface area contributed by atoms with Crippen LogP contribution in [0.25, 0.3) is 0 Å². The molecule has 32 heavy (non-hydrogen) atoms. The Morgan fingerprint density at radius 2 is 1.81 bits per heavy atom. The summed E-state index contributed by atoms with van der Waals surface area (Å²) >= 11 is 0. The molecule has 3 fully saturated rings. The maximum atomic E-state index is 10.2. The van der Waals surface area contributed by atoms with Crippen molar-refractivity contribution in [2.45, 2.75) is 117 Å². The van der Waals surface area contributed by atoms with Gasteiger partial charge in [0.2, 0.25) is 0 Å². The first-order valence-electron chi connectivity index (χ1n) is 13.3. The molecule has 2 N–H and O–H groups in total. The van der Waals surface area contributed by atoms with Gasteiger partial charge in [0.05, 0.1) is 18.3 Å². The summed E-state index contributed by atoms with van der Waals surface area (Å²) < 4.78 is 6.41. The molecule has 3 heteroatoms. The van der Waals surface area contributed by atoms with Crippen molar-refractivity contribution in [2.24, 2.45) is 23.2 Å². The van der Waals surface area contributed by atoms with Gasteiger partial charge in [0.25, 0.3) is 0 Å². The molecule has 3 nitrogen and oxygen atoms in total. The Balaban J connectivity index is 1.60. The van der Waals surface area contributed by atoms with Gasteiger partial charge in [0.1, 0.15) is 0 Å². The van der Waals surface area contributed by atoms with Gasteiger partial charge >= 0.3 is 0 Å². The molecule has 3 aliphatic carbocycles. The van der Waals surface area contributed by atoms with Crippen LogP contribution < -0.4 is 0 Å². The highest BCUT2D eigenvalue weighted by atomic mass is 16.5. The maximum Gasteiger partial charge on any atom is 0.0809 e. The van der Waals surface area contributed by atoms with E-state index in [-0.39, 0.29) is 0 Å². The molecule has 0 aromatic rings. The molecule has 0 aromatic heterocycles. The second-order valence-electron chi connectivity index (χ2n) is 11.1. The first kappa shape index (κ1) is 25.7. The zero-order chi connectivity index (χ0) is 23.3. The lowest BCUT2D eigenvalue weighted by molar-refractivity contribution is -0.0268. The van der Waals surface area contributed by atoms with E-state index in [1.54, 1.807) is 5.57 Å². The Morgan fingerprint density at radius 3 is 2.47 bits per heavy atom. The number of fused-ring (bicyclic) bond motifs is 1. The van der Waals surface area contributed by atoms with Crippen molar-refractivity contribution >= 4 is 0 Å². The standard InChI is InChI=1S/C29H48O3/c1-6-22(7-2)10-9-17-32-21(4)25-14-15-26-24(11-8-16-29(25,26)5)13-12-23-18-27(30)20(3)28(31)19-23/h12-13,21-22,25-28,30-31H,3,6-11,14-19H2,1-2,4-5H3. The topological polar surface area (TPSA) is 49.7 Å². The van der Waals surface area contributed by atoms with E-state index >= 15 is 0 Å². The molecule has 0 amide bonds. The van der Waals surface area contributed by atoms with Gasteiger partial charge in [-0.25, -0.2) is 0 Å². The van der Waals surface area contributed by atoms with Crippen LogP contribution in [0.15, 0.2) is 35.5 Å². The first-order chi connectivity index (χ1) is 15.3. The highest BCUT2D eigenvalue weighted by Gasteiger charge is 2.51. The van der Waals surface area contributed by atoms with Gasteiger partial charge in [-0.3, -0.25) is 0 Å². The number of aliphatic hydroxyl groups excluding tert-OH is 2. The summed E-state index contributed by atoms with van der Waals surface area (Å²) in [7, 11) is 0. The SMILES string of the molecule is C=C1C(O)CC(=CC=C2CCCC3(C)C2CCC3C(C)OCCCC(CC)CC)CC1O. The lowest BCUT2D eigenvalue weighted by atomic mass is 9.62. The summed E-state index contributed by atoms with van der Waals surface area (Å²) in [6.45, 7) is 14.2. The van der Waals surface area contributed by atoms with Gasteiger partial charge in [-0.1, -0.05) is 63.5 Å². The summed E-state index contributed by atoms with van der Waals surface area (Å²) in [6.07, 6.45) is 16.1. The Labute approximate surface area is 197 Å². The van der Waals surface area contributed by atoms with Gasteiger partial charge in [-0.2, -0.15) is 0 Å². The van der Waals surface area contributed by atoms with E-state index in [1.165, 1.54) is 57.8 Å². The van der Waals surface area contributed by atoms with E-state index in [0.717, 1.165) is 18.1 Å². The highest BCUT2D eigenvalue weighted by molar-refractivity contribution is 5.29. The van der Waals surface area contributed by atoms with Crippen LogP contribution in [0.3, 0.4) is 0 Å². The van der Waals surface area contributed by atoms with Crippen molar-refractivity contribution in [3.8, 4) is 0 Å². The van der Waals surface area contributed by atoms with Crippen molar-refractivity contribution < 1.29 is 14.9 Å². The molecular weight excluding hydrogens is 396 g/mol. The van der Waals surface area contributed by atoms with Crippen molar-refractivity contribution in [3.05, 3.63) is 35.5 Å². The third kappa shape index (κ3) is 5.77. The second kappa shape index (κ2) is 11.5. The predicted molar refractivity (Wildman–Crippen MR) is 133 cm³/mol. The van der Waals surface area contributed by atoms with Crippen LogP contribution in [0.1, 0.15) is 98.3 Å². The predicted octanol–water partition coefficient (Wildman–Crippen LogP) is 6.75. The minimum atomic E-state index is -0.612. The van der Waals surface area contributed by atoms with Crippen LogP contribution in [0, 0.1) is 23.2 Å². The quantitative estimate of drug-likeness (QED) is 0.305. The fourth-order valence-electron chi connectivity index (χ4n) is 6.93. The Bertz CT molecular complexity index is 673. The lowest BCUT2D eigenvalue weighted by Gasteiger charge is -2.44. The summed E-state index contributed by atoms with van der Waals surface area (Å²) in [5.74, 6) is 2.13. The van der Waals surface area contributed by atoms with Crippen molar-refractivity contribution in [2.75, 3.05) is 6.61 Å². The molecule has 0 aliphatic heterocycles. The van der Waals surface area contributed by atoms with Crippen molar-refractivity contribution in [1.82, 2.24) is 0 Å². The monoisotopic (exact) mass is 444 g/mol. The van der Waals surface area contributed by atoms with Crippen LogP contribution in [0.4, 0.5) is 0 Å². The Kier molecular flexibility index (Phi) is 9.23. The number of ether oxygens (including phenoxy) is 1. The number of aliphatic hydroxyl groups is 2. The van der Waals surface area contributed by atoms with E-state index in [2.05, 4.69) is 46.4 Å². The molecule has 6 atom stereocenters. The lowest BCUT2D eigenvalue weighted by Crippen LogP contribution is -2.38. The first-order valence-corrected chi connectivity index (χ1v) is 13.3. The third-order valence-electron chi connectivity index (χ3n) is 9.20.